The lowest BCUT2D eigenvalue weighted by molar-refractivity contribution is 0.563. The number of halogens is 1. The molecule has 17 heavy (non-hydrogen) atoms. The molecule has 0 aliphatic carbocycles. The molecule has 98 valence electrons. The van der Waals surface area contributed by atoms with Crippen molar-refractivity contribution in [2.24, 2.45) is 0 Å². The summed E-state index contributed by atoms with van der Waals surface area (Å²) in [6.45, 7) is 3.27. The van der Waals surface area contributed by atoms with Crippen LogP contribution in [0.15, 0.2) is 5.16 Å². The molecule has 1 rings (SSSR count). The summed E-state index contributed by atoms with van der Waals surface area (Å²) in [7, 11) is -2.24. The summed E-state index contributed by atoms with van der Waals surface area (Å²) in [5.74, 6) is 0.0641. The number of rotatable bonds is 4. The van der Waals surface area contributed by atoms with E-state index in [1.807, 2.05) is 0 Å². The predicted octanol–water partition coefficient (Wildman–Crippen LogP) is 0.331. The van der Waals surface area contributed by atoms with Crippen molar-refractivity contribution in [2.45, 2.75) is 30.8 Å². The smallest absolute Gasteiger partial charge is 0.296 e. The molecule has 1 heterocycles. The highest BCUT2D eigenvalue weighted by Crippen LogP contribution is 2.22. The van der Waals surface area contributed by atoms with Crippen LogP contribution in [0.3, 0.4) is 0 Å². The van der Waals surface area contributed by atoms with Crippen molar-refractivity contribution in [1.82, 2.24) is 14.8 Å². The van der Waals surface area contributed by atoms with E-state index in [2.05, 4.69) is 10.2 Å². The van der Waals surface area contributed by atoms with Gasteiger partial charge >= 0.3 is 0 Å². The lowest BCUT2D eigenvalue weighted by Gasteiger charge is -2.10. The molecule has 1 unspecified atom stereocenters. The highest BCUT2D eigenvalue weighted by atomic mass is 35.7. The van der Waals surface area contributed by atoms with Crippen LogP contribution in [0.2, 0.25) is 0 Å². The van der Waals surface area contributed by atoms with Gasteiger partial charge in [-0.3, -0.25) is 0 Å². The molecule has 1 atom stereocenters. The number of hydrogen-bond donors (Lipinski definition) is 0. The Balaban J connectivity index is 3.45. The third-order valence-electron chi connectivity index (χ3n) is 2.29. The summed E-state index contributed by atoms with van der Waals surface area (Å²) in [6, 6.07) is 0. The second-order valence-corrected chi connectivity index (χ2v) is 8.32. The Morgan fingerprint density at radius 2 is 1.82 bits per heavy atom. The molecule has 7 nitrogen and oxygen atoms in total. The van der Waals surface area contributed by atoms with Gasteiger partial charge in [-0.05, 0) is 13.8 Å². The summed E-state index contributed by atoms with van der Waals surface area (Å²) >= 11 is 0. The molecular weight excluding hydrogens is 290 g/mol. The molecule has 0 aliphatic heterocycles. The van der Waals surface area contributed by atoms with Crippen LogP contribution < -0.4 is 0 Å². The van der Waals surface area contributed by atoms with E-state index in [0.29, 0.717) is 0 Å². The average Bonchev–Trinajstić information content (AvgIpc) is 2.57. The molecule has 0 aliphatic rings. The van der Waals surface area contributed by atoms with Gasteiger partial charge in [0.1, 0.15) is 5.25 Å². The zero-order valence-electron chi connectivity index (χ0n) is 9.45. The molecule has 0 radical (unpaired) electrons. The second-order valence-electron chi connectivity index (χ2n) is 3.49. The van der Waals surface area contributed by atoms with E-state index in [-0.39, 0.29) is 12.4 Å². The first-order chi connectivity index (χ1) is 7.59. The molecule has 0 N–H and O–H groups in total. The Bertz CT molecular complexity index is 620. The normalized spacial score (nSPS) is 14.8. The first-order valence-corrected chi connectivity index (χ1v) is 8.92. The molecule has 1 aromatic rings. The third-order valence-corrected chi connectivity index (χ3v) is 4.93. The fourth-order valence-electron chi connectivity index (χ4n) is 1.27. The number of hydrogen-bond acceptors (Lipinski definition) is 6. The topological polar surface area (TPSA) is 99.0 Å². The van der Waals surface area contributed by atoms with Gasteiger partial charge in [0.15, 0.2) is 15.7 Å². The van der Waals surface area contributed by atoms with Gasteiger partial charge in [0.05, 0.1) is 0 Å². The van der Waals surface area contributed by atoms with Crippen LogP contribution in [0.1, 0.15) is 24.9 Å². The maximum atomic E-state index is 11.4. The van der Waals surface area contributed by atoms with Gasteiger partial charge in [-0.25, -0.2) is 16.8 Å². The van der Waals surface area contributed by atoms with Crippen molar-refractivity contribution in [3.8, 4) is 0 Å². The van der Waals surface area contributed by atoms with Crippen molar-refractivity contribution in [1.29, 1.82) is 0 Å². The van der Waals surface area contributed by atoms with E-state index in [9.17, 15) is 16.8 Å². The van der Waals surface area contributed by atoms with Crippen LogP contribution in [0.5, 0.6) is 0 Å². The number of aromatic nitrogens is 3. The lowest BCUT2D eigenvalue weighted by Crippen LogP contribution is -2.15. The minimum absolute atomic E-state index is 0.0641. The molecule has 0 bridgehead atoms. The predicted molar refractivity (Wildman–Crippen MR) is 62.0 cm³/mol. The summed E-state index contributed by atoms with van der Waals surface area (Å²) in [6.07, 6.45) is 1.04. The quantitative estimate of drug-likeness (QED) is 0.743. The Morgan fingerprint density at radius 3 is 2.18 bits per heavy atom. The maximum absolute atomic E-state index is 11.4. The summed E-state index contributed by atoms with van der Waals surface area (Å²) in [5, 5.41) is 5.63. The van der Waals surface area contributed by atoms with Crippen LogP contribution >= 0.6 is 10.7 Å². The SMILES string of the molecule is CCn1c(C(C)S(C)(=O)=O)nnc1S(=O)(=O)Cl. The molecule has 0 amide bonds. The molecular formula is C7H12ClN3O4S2. The van der Waals surface area contributed by atoms with Crippen molar-refractivity contribution in [2.75, 3.05) is 6.26 Å². The average molecular weight is 302 g/mol. The van der Waals surface area contributed by atoms with E-state index >= 15 is 0 Å². The first-order valence-electron chi connectivity index (χ1n) is 4.65. The van der Waals surface area contributed by atoms with Crippen molar-refractivity contribution >= 4 is 29.6 Å². The molecule has 0 fully saturated rings. The van der Waals surface area contributed by atoms with E-state index in [4.69, 9.17) is 10.7 Å². The number of sulfone groups is 1. The Morgan fingerprint density at radius 1 is 1.29 bits per heavy atom. The Hall–Kier alpha value is -0.670. The van der Waals surface area contributed by atoms with Crippen LogP contribution in [0, 0.1) is 0 Å². The van der Waals surface area contributed by atoms with E-state index in [1.54, 1.807) is 6.92 Å². The van der Waals surface area contributed by atoms with Crippen LogP contribution in [0.25, 0.3) is 0 Å². The maximum Gasteiger partial charge on any atom is 0.296 e. The fraction of sp³-hybridized carbons (Fsp3) is 0.714. The van der Waals surface area contributed by atoms with Gasteiger partial charge in [-0.1, -0.05) is 0 Å². The molecule has 0 spiro atoms. The molecule has 10 heteroatoms. The lowest BCUT2D eigenvalue weighted by atomic mass is 10.4. The van der Waals surface area contributed by atoms with Gasteiger partial charge in [-0.15, -0.1) is 10.2 Å². The second kappa shape index (κ2) is 4.54. The fourth-order valence-corrected chi connectivity index (χ4v) is 2.79. The van der Waals surface area contributed by atoms with E-state index in [1.165, 1.54) is 11.5 Å². The van der Waals surface area contributed by atoms with Crippen molar-refractivity contribution in [3.63, 3.8) is 0 Å². The molecule has 1 aromatic heterocycles. The van der Waals surface area contributed by atoms with E-state index < -0.39 is 29.3 Å². The largest absolute Gasteiger partial charge is 0.300 e. The minimum Gasteiger partial charge on any atom is -0.300 e. The molecule has 0 saturated carbocycles. The van der Waals surface area contributed by atoms with Gasteiger partial charge in [0.25, 0.3) is 14.2 Å². The summed E-state index contributed by atoms with van der Waals surface area (Å²) in [4.78, 5) is 0. The standard InChI is InChI=1S/C7H12ClN3O4S2/c1-4-11-6(5(2)16(3,12)13)9-10-7(11)17(8,14)15/h5H,4H2,1-3H3. The van der Waals surface area contributed by atoms with Crippen LogP contribution in [-0.4, -0.2) is 37.9 Å². The molecule has 0 aromatic carbocycles. The Labute approximate surface area is 104 Å². The van der Waals surface area contributed by atoms with Crippen molar-refractivity contribution in [3.05, 3.63) is 5.82 Å². The van der Waals surface area contributed by atoms with Crippen molar-refractivity contribution < 1.29 is 16.8 Å². The highest BCUT2D eigenvalue weighted by molar-refractivity contribution is 8.13. The van der Waals surface area contributed by atoms with Gasteiger partial charge in [-0.2, -0.15) is 0 Å². The monoisotopic (exact) mass is 301 g/mol. The van der Waals surface area contributed by atoms with Crippen LogP contribution in [0.4, 0.5) is 0 Å². The summed E-state index contributed by atoms with van der Waals surface area (Å²) < 4.78 is 46.3. The number of nitrogens with zero attached hydrogens (tertiary/aromatic N) is 3. The minimum atomic E-state index is -4.04. The summed E-state index contributed by atoms with van der Waals surface area (Å²) in [5.41, 5.74) is 0. The van der Waals surface area contributed by atoms with Gasteiger partial charge in [0, 0.05) is 23.5 Å². The highest BCUT2D eigenvalue weighted by Gasteiger charge is 2.28. The van der Waals surface area contributed by atoms with E-state index in [0.717, 1.165) is 6.26 Å². The third kappa shape index (κ3) is 2.96. The van der Waals surface area contributed by atoms with Gasteiger partial charge in [0.2, 0.25) is 0 Å². The zero-order chi connectivity index (χ0) is 13.4. The first kappa shape index (κ1) is 14.4. The zero-order valence-corrected chi connectivity index (χ0v) is 11.8. The van der Waals surface area contributed by atoms with Crippen LogP contribution in [-0.2, 0) is 25.4 Å². The Kier molecular flexibility index (Phi) is 3.84. The molecule has 0 saturated heterocycles. The van der Waals surface area contributed by atoms with Gasteiger partial charge < -0.3 is 4.57 Å².